The van der Waals surface area contributed by atoms with Crippen LogP contribution in [0, 0.1) is 12.8 Å². The fraction of sp³-hybridized carbons (Fsp3) is 0.538. The summed E-state index contributed by atoms with van der Waals surface area (Å²) in [6.07, 6.45) is 1.54. The summed E-state index contributed by atoms with van der Waals surface area (Å²) < 4.78 is 4.70. The number of anilines is 1. The lowest BCUT2D eigenvalue weighted by Crippen LogP contribution is -2.22. The molecule has 6 heteroatoms. The van der Waals surface area contributed by atoms with Crippen molar-refractivity contribution >= 4 is 28.9 Å². The minimum absolute atomic E-state index is 0.0971. The van der Waals surface area contributed by atoms with Crippen LogP contribution in [0.3, 0.4) is 0 Å². The highest BCUT2D eigenvalue weighted by Gasteiger charge is 2.20. The molecule has 1 amide bonds. The number of ether oxygens (including phenoxy) is 1. The molecule has 5 nitrogen and oxygen atoms in total. The first-order valence-corrected chi connectivity index (χ1v) is 7.06. The second-order valence-corrected chi connectivity index (χ2v) is 5.32. The lowest BCUT2D eigenvalue weighted by molar-refractivity contribution is -0.119. The quantitative estimate of drug-likeness (QED) is 0.784. The second-order valence-electron chi connectivity index (χ2n) is 4.44. The molecule has 19 heavy (non-hydrogen) atoms. The number of nitrogens with one attached hydrogen (secondary N) is 1. The van der Waals surface area contributed by atoms with Crippen molar-refractivity contribution < 1.29 is 14.3 Å². The van der Waals surface area contributed by atoms with Crippen molar-refractivity contribution in [2.75, 3.05) is 19.0 Å². The summed E-state index contributed by atoms with van der Waals surface area (Å²) in [5.41, 5.74) is 6.85. The molecule has 0 fully saturated rings. The molecule has 106 valence electrons. The van der Waals surface area contributed by atoms with Gasteiger partial charge in [0.2, 0.25) is 5.91 Å². The van der Waals surface area contributed by atoms with Crippen molar-refractivity contribution in [1.82, 2.24) is 0 Å². The number of thiophene rings is 1. The molecule has 0 radical (unpaired) electrons. The van der Waals surface area contributed by atoms with Crippen molar-refractivity contribution in [1.29, 1.82) is 0 Å². The summed E-state index contributed by atoms with van der Waals surface area (Å²) in [5, 5.41) is 4.64. The molecule has 1 rings (SSSR count). The fourth-order valence-corrected chi connectivity index (χ4v) is 2.57. The van der Waals surface area contributed by atoms with Crippen molar-refractivity contribution in [3.8, 4) is 0 Å². The molecule has 3 N–H and O–H groups in total. The molecule has 1 heterocycles. The van der Waals surface area contributed by atoms with E-state index in [1.165, 1.54) is 18.4 Å². The smallest absolute Gasteiger partial charge is 0.350 e. The monoisotopic (exact) mass is 284 g/mol. The van der Waals surface area contributed by atoms with Gasteiger partial charge in [0.05, 0.1) is 12.8 Å². The number of rotatable bonds is 6. The van der Waals surface area contributed by atoms with Crippen LogP contribution in [-0.4, -0.2) is 25.5 Å². The van der Waals surface area contributed by atoms with E-state index >= 15 is 0 Å². The first-order valence-electron chi connectivity index (χ1n) is 6.18. The van der Waals surface area contributed by atoms with Gasteiger partial charge >= 0.3 is 5.97 Å². The zero-order valence-corrected chi connectivity index (χ0v) is 12.3. The fourth-order valence-electron chi connectivity index (χ4n) is 1.64. The van der Waals surface area contributed by atoms with Crippen LogP contribution in [0.5, 0.6) is 0 Å². The predicted octanol–water partition coefficient (Wildman–Crippen LogP) is 2.16. The number of aryl methyl sites for hydroxylation is 1. The Bertz CT molecular complexity index is 457. The Balaban J connectivity index is 2.78. The zero-order valence-electron chi connectivity index (χ0n) is 11.5. The highest BCUT2D eigenvalue weighted by Crippen LogP contribution is 2.28. The van der Waals surface area contributed by atoms with E-state index in [1.54, 1.807) is 0 Å². The number of amides is 1. The number of hydrogen-bond donors (Lipinski definition) is 2. The molecule has 0 bridgehead atoms. The number of methoxy groups -OCH3 is 1. The van der Waals surface area contributed by atoms with Crippen LogP contribution in [0.15, 0.2) is 5.38 Å². The van der Waals surface area contributed by atoms with E-state index in [1.807, 2.05) is 19.2 Å². The maximum Gasteiger partial charge on any atom is 0.350 e. The summed E-state index contributed by atoms with van der Waals surface area (Å²) in [4.78, 5) is 24.1. The van der Waals surface area contributed by atoms with Gasteiger partial charge in [-0.2, -0.15) is 0 Å². The number of nitrogens with two attached hydrogens (primary N) is 1. The molecule has 1 aromatic heterocycles. The minimum Gasteiger partial charge on any atom is -0.465 e. The maximum atomic E-state index is 12.0. The molecule has 0 aliphatic rings. The molecular weight excluding hydrogens is 264 g/mol. The highest BCUT2D eigenvalue weighted by atomic mass is 32.1. The third kappa shape index (κ3) is 4.04. The van der Waals surface area contributed by atoms with E-state index in [0.29, 0.717) is 17.1 Å². The van der Waals surface area contributed by atoms with Gasteiger partial charge in [0.25, 0.3) is 0 Å². The second kappa shape index (κ2) is 7.25. The first-order chi connectivity index (χ1) is 9.01. The standard InChI is InChI=1S/C13H20N2O3S/c1-8(5-4-6-14)12(16)15-10-9(2)7-19-11(10)13(17)18-3/h7-8H,4-6,14H2,1-3H3,(H,15,16). The molecule has 0 aliphatic carbocycles. The van der Waals surface area contributed by atoms with Gasteiger partial charge in [-0.1, -0.05) is 6.92 Å². The molecule has 0 saturated heterocycles. The maximum absolute atomic E-state index is 12.0. The van der Waals surface area contributed by atoms with Crippen LogP contribution in [0.4, 0.5) is 5.69 Å². The molecule has 1 aromatic rings. The Morgan fingerprint density at radius 3 is 2.79 bits per heavy atom. The van der Waals surface area contributed by atoms with E-state index in [4.69, 9.17) is 10.5 Å². The molecule has 0 saturated carbocycles. The summed E-state index contributed by atoms with van der Waals surface area (Å²) in [6.45, 7) is 4.27. The van der Waals surface area contributed by atoms with Crippen molar-refractivity contribution in [2.24, 2.45) is 11.7 Å². The Morgan fingerprint density at radius 1 is 1.53 bits per heavy atom. The number of hydrogen-bond acceptors (Lipinski definition) is 5. The third-order valence-corrected chi connectivity index (χ3v) is 3.96. The van der Waals surface area contributed by atoms with Crippen LogP contribution in [0.25, 0.3) is 0 Å². The van der Waals surface area contributed by atoms with Crippen molar-refractivity contribution in [3.63, 3.8) is 0 Å². The molecule has 1 unspecified atom stereocenters. The van der Waals surface area contributed by atoms with Gasteiger partial charge in [-0.15, -0.1) is 11.3 Å². The lowest BCUT2D eigenvalue weighted by atomic mass is 10.0. The lowest BCUT2D eigenvalue weighted by Gasteiger charge is -2.12. The van der Waals surface area contributed by atoms with E-state index in [2.05, 4.69) is 5.32 Å². The predicted molar refractivity (Wildman–Crippen MR) is 76.5 cm³/mol. The van der Waals surface area contributed by atoms with E-state index in [-0.39, 0.29) is 11.8 Å². The van der Waals surface area contributed by atoms with Crippen molar-refractivity contribution in [2.45, 2.75) is 26.7 Å². The highest BCUT2D eigenvalue weighted by molar-refractivity contribution is 7.12. The van der Waals surface area contributed by atoms with E-state index < -0.39 is 5.97 Å². The number of esters is 1. The SMILES string of the molecule is COC(=O)c1scc(C)c1NC(=O)C(C)CCCN. The third-order valence-electron chi connectivity index (χ3n) is 2.88. The van der Waals surface area contributed by atoms with Crippen molar-refractivity contribution in [3.05, 3.63) is 15.8 Å². The Hall–Kier alpha value is -1.40. The van der Waals surface area contributed by atoms with Gasteiger partial charge in [0.1, 0.15) is 4.88 Å². The minimum atomic E-state index is -0.428. The number of carbonyl (C=O) groups is 2. The zero-order chi connectivity index (χ0) is 14.4. The molecule has 0 spiro atoms. The molecular formula is C13H20N2O3S. The number of carbonyl (C=O) groups excluding carboxylic acids is 2. The average molecular weight is 284 g/mol. The van der Waals surface area contributed by atoms with Gasteiger partial charge in [0.15, 0.2) is 0 Å². The van der Waals surface area contributed by atoms with E-state index in [9.17, 15) is 9.59 Å². The van der Waals surface area contributed by atoms with Crippen LogP contribution < -0.4 is 11.1 Å². The Morgan fingerprint density at radius 2 is 2.21 bits per heavy atom. The normalized spacial score (nSPS) is 12.0. The largest absolute Gasteiger partial charge is 0.465 e. The van der Waals surface area contributed by atoms with Gasteiger partial charge in [0, 0.05) is 5.92 Å². The van der Waals surface area contributed by atoms with Gasteiger partial charge in [-0.3, -0.25) is 4.79 Å². The van der Waals surface area contributed by atoms with Crippen LogP contribution in [0.2, 0.25) is 0 Å². The van der Waals surface area contributed by atoms with Crippen LogP contribution >= 0.6 is 11.3 Å². The van der Waals surface area contributed by atoms with Gasteiger partial charge < -0.3 is 15.8 Å². The Kier molecular flexibility index (Phi) is 5.98. The first kappa shape index (κ1) is 15.7. The van der Waals surface area contributed by atoms with Crippen LogP contribution in [-0.2, 0) is 9.53 Å². The summed E-state index contributed by atoms with van der Waals surface area (Å²) >= 11 is 1.27. The average Bonchev–Trinajstić information content (AvgIpc) is 2.76. The van der Waals surface area contributed by atoms with E-state index in [0.717, 1.165) is 18.4 Å². The molecule has 1 atom stereocenters. The molecule has 0 aromatic carbocycles. The molecule has 0 aliphatic heterocycles. The Labute approximate surface area is 117 Å². The topological polar surface area (TPSA) is 81.4 Å². The van der Waals surface area contributed by atoms with Gasteiger partial charge in [-0.05, 0) is 37.3 Å². The van der Waals surface area contributed by atoms with Gasteiger partial charge in [-0.25, -0.2) is 4.79 Å². The summed E-state index contributed by atoms with van der Waals surface area (Å²) in [5.74, 6) is -0.656. The summed E-state index contributed by atoms with van der Waals surface area (Å²) in [7, 11) is 1.33. The van der Waals surface area contributed by atoms with Crippen LogP contribution in [0.1, 0.15) is 35.0 Å². The summed E-state index contributed by atoms with van der Waals surface area (Å²) in [6, 6.07) is 0.